The molecule has 0 aromatic heterocycles. The fourth-order valence-electron chi connectivity index (χ4n) is 1.26. The number of hydrogen-bond acceptors (Lipinski definition) is 2. The van der Waals surface area contributed by atoms with Crippen LogP contribution >= 0.6 is 0 Å². The van der Waals surface area contributed by atoms with Crippen LogP contribution in [0.15, 0.2) is 24.3 Å². The molecule has 1 rings (SSSR count). The van der Waals surface area contributed by atoms with E-state index in [1.54, 1.807) is 18.2 Å². The van der Waals surface area contributed by atoms with Gasteiger partial charge in [0.15, 0.2) is 0 Å². The summed E-state index contributed by atoms with van der Waals surface area (Å²) in [6.45, 7) is 3.60. The zero-order chi connectivity index (χ0) is 12.0. The van der Waals surface area contributed by atoms with Gasteiger partial charge in [0.25, 0.3) is 5.91 Å². The van der Waals surface area contributed by atoms with E-state index in [2.05, 4.69) is 17.2 Å². The first-order valence-corrected chi connectivity index (χ1v) is 5.14. The third-order valence-corrected chi connectivity index (χ3v) is 1.89. The summed E-state index contributed by atoms with van der Waals surface area (Å²) < 4.78 is 0. The summed E-state index contributed by atoms with van der Waals surface area (Å²) in [5.41, 5.74) is 1.17. The van der Waals surface area contributed by atoms with Crippen molar-refractivity contribution in [1.29, 1.82) is 0 Å². The number of carbonyl (C=O) groups is 1. The fourth-order valence-corrected chi connectivity index (χ4v) is 1.26. The molecule has 0 aliphatic rings. The van der Waals surface area contributed by atoms with Crippen LogP contribution in [0.25, 0.3) is 0 Å². The van der Waals surface area contributed by atoms with Gasteiger partial charge in [0.1, 0.15) is 6.61 Å². The summed E-state index contributed by atoms with van der Waals surface area (Å²) >= 11 is 0. The molecule has 0 aliphatic carbocycles. The summed E-state index contributed by atoms with van der Waals surface area (Å²) in [6.07, 6.45) is 0. The molecule has 0 radical (unpaired) electrons. The third kappa shape index (κ3) is 3.41. The average molecular weight is 217 g/mol. The molecule has 1 aromatic carbocycles. The van der Waals surface area contributed by atoms with E-state index in [4.69, 9.17) is 5.11 Å². The van der Waals surface area contributed by atoms with Gasteiger partial charge in [-0.15, -0.1) is 0 Å². The van der Waals surface area contributed by atoms with Crippen molar-refractivity contribution < 1.29 is 9.90 Å². The Bertz CT molecular complexity index is 427. The minimum Gasteiger partial charge on any atom is -0.384 e. The SMILES string of the molecule is CC(C)NC(=O)c1ccccc1C#CCO. The summed E-state index contributed by atoms with van der Waals surface area (Å²) in [4.78, 5) is 11.8. The van der Waals surface area contributed by atoms with Gasteiger partial charge in [-0.2, -0.15) is 0 Å². The number of rotatable bonds is 2. The molecule has 0 saturated carbocycles. The molecule has 0 spiro atoms. The fraction of sp³-hybridized carbons (Fsp3) is 0.308. The second kappa shape index (κ2) is 5.94. The van der Waals surface area contributed by atoms with Crippen molar-refractivity contribution in [2.45, 2.75) is 19.9 Å². The molecule has 0 bridgehead atoms. The molecular formula is C13H15NO2. The van der Waals surface area contributed by atoms with Crippen molar-refractivity contribution in [2.75, 3.05) is 6.61 Å². The second-order valence-corrected chi connectivity index (χ2v) is 3.63. The zero-order valence-corrected chi connectivity index (χ0v) is 9.45. The highest BCUT2D eigenvalue weighted by Gasteiger charge is 2.09. The Kier molecular flexibility index (Phi) is 4.56. The summed E-state index contributed by atoms with van der Waals surface area (Å²) in [5, 5.41) is 11.4. The van der Waals surface area contributed by atoms with Gasteiger partial charge in [0.05, 0.1) is 5.56 Å². The molecule has 0 atom stereocenters. The Morgan fingerprint density at radius 3 is 2.75 bits per heavy atom. The Balaban J connectivity index is 2.98. The van der Waals surface area contributed by atoms with E-state index < -0.39 is 0 Å². The quantitative estimate of drug-likeness (QED) is 0.730. The van der Waals surface area contributed by atoms with Crippen LogP contribution in [0.2, 0.25) is 0 Å². The first-order valence-electron chi connectivity index (χ1n) is 5.14. The largest absolute Gasteiger partial charge is 0.384 e. The minimum absolute atomic E-state index is 0.0892. The number of amides is 1. The molecule has 0 fully saturated rings. The van der Waals surface area contributed by atoms with Gasteiger partial charge in [-0.25, -0.2) is 0 Å². The van der Waals surface area contributed by atoms with E-state index in [-0.39, 0.29) is 18.6 Å². The van der Waals surface area contributed by atoms with Crippen LogP contribution in [0.3, 0.4) is 0 Å². The van der Waals surface area contributed by atoms with Gasteiger partial charge in [0.2, 0.25) is 0 Å². The van der Waals surface area contributed by atoms with Crippen molar-refractivity contribution >= 4 is 5.91 Å². The van der Waals surface area contributed by atoms with Gasteiger partial charge in [0, 0.05) is 11.6 Å². The summed E-state index contributed by atoms with van der Waals surface area (Å²) in [5.74, 6) is 5.15. The summed E-state index contributed by atoms with van der Waals surface area (Å²) in [6, 6.07) is 7.18. The second-order valence-electron chi connectivity index (χ2n) is 3.63. The van der Waals surface area contributed by atoms with Crippen LogP contribution in [0.4, 0.5) is 0 Å². The van der Waals surface area contributed by atoms with E-state index in [0.29, 0.717) is 11.1 Å². The number of benzene rings is 1. The lowest BCUT2D eigenvalue weighted by Gasteiger charge is -2.09. The van der Waals surface area contributed by atoms with Crippen molar-refractivity contribution in [3.05, 3.63) is 35.4 Å². The monoisotopic (exact) mass is 217 g/mol. The van der Waals surface area contributed by atoms with Crippen LogP contribution in [0, 0.1) is 11.8 Å². The smallest absolute Gasteiger partial charge is 0.252 e. The highest BCUT2D eigenvalue weighted by molar-refractivity contribution is 5.96. The highest BCUT2D eigenvalue weighted by atomic mass is 16.2. The lowest BCUT2D eigenvalue weighted by molar-refractivity contribution is 0.0943. The van der Waals surface area contributed by atoms with Crippen LogP contribution in [-0.2, 0) is 0 Å². The Labute approximate surface area is 95.5 Å². The number of aliphatic hydroxyl groups is 1. The lowest BCUT2D eigenvalue weighted by Crippen LogP contribution is -2.30. The van der Waals surface area contributed by atoms with Crippen LogP contribution in [-0.4, -0.2) is 23.7 Å². The van der Waals surface area contributed by atoms with Crippen molar-refractivity contribution in [3.8, 4) is 11.8 Å². The van der Waals surface area contributed by atoms with Crippen molar-refractivity contribution in [1.82, 2.24) is 5.32 Å². The van der Waals surface area contributed by atoms with Gasteiger partial charge < -0.3 is 10.4 Å². The Morgan fingerprint density at radius 2 is 2.12 bits per heavy atom. The van der Waals surface area contributed by atoms with E-state index >= 15 is 0 Å². The molecule has 84 valence electrons. The molecule has 1 aromatic rings. The molecule has 3 nitrogen and oxygen atoms in total. The first kappa shape index (κ1) is 12.3. The van der Waals surface area contributed by atoms with Gasteiger partial charge in [-0.05, 0) is 26.0 Å². The molecule has 1 amide bonds. The molecule has 2 N–H and O–H groups in total. The van der Waals surface area contributed by atoms with Gasteiger partial charge >= 0.3 is 0 Å². The van der Waals surface area contributed by atoms with Gasteiger partial charge in [-0.1, -0.05) is 24.0 Å². The number of carbonyl (C=O) groups excluding carboxylic acids is 1. The van der Waals surface area contributed by atoms with E-state index in [1.165, 1.54) is 0 Å². The molecule has 0 aliphatic heterocycles. The first-order chi connectivity index (χ1) is 7.65. The molecule has 0 heterocycles. The van der Waals surface area contributed by atoms with Crippen LogP contribution < -0.4 is 5.32 Å². The van der Waals surface area contributed by atoms with Crippen molar-refractivity contribution in [2.24, 2.45) is 0 Å². The van der Waals surface area contributed by atoms with Crippen molar-refractivity contribution in [3.63, 3.8) is 0 Å². The minimum atomic E-state index is -0.208. The maximum atomic E-state index is 11.8. The number of nitrogens with one attached hydrogen (secondary N) is 1. The normalized spacial score (nSPS) is 9.50. The summed E-state index contributed by atoms with van der Waals surface area (Å²) in [7, 11) is 0. The molecular weight excluding hydrogens is 202 g/mol. The standard InChI is InChI=1S/C13H15NO2/c1-10(2)14-13(16)12-8-4-3-6-11(12)7-5-9-15/h3-4,6,8,10,15H,9H2,1-2H3,(H,14,16). The lowest BCUT2D eigenvalue weighted by atomic mass is 10.1. The average Bonchev–Trinajstić information content (AvgIpc) is 2.25. The van der Waals surface area contributed by atoms with Crippen LogP contribution in [0.1, 0.15) is 29.8 Å². The van der Waals surface area contributed by atoms with Gasteiger partial charge in [-0.3, -0.25) is 4.79 Å². The Hall–Kier alpha value is -1.79. The zero-order valence-electron chi connectivity index (χ0n) is 9.45. The van der Waals surface area contributed by atoms with E-state index in [0.717, 1.165) is 0 Å². The predicted octanol–water partition coefficient (Wildman–Crippen LogP) is 1.17. The van der Waals surface area contributed by atoms with E-state index in [1.807, 2.05) is 19.9 Å². The molecule has 0 unspecified atom stereocenters. The molecule has 16 heavy (non-hydrogen) atoms. The topological polar surface area (TPSA) is 49.3 Å². The van der Waals surface area contributed by atoms with Crippen LogP contribution in [0.5, 0.6) is 0 Å². The molecule has 3 heteroatoms. The third-order valence-electron chi connectivity index (χ3n) is 1.89. The maximum Gasteiger partial charge on any atom is 0.252 e. The highest BCUT2D eigenvalue weighted by Crippen LogP contribution is 2.07. The number of aliphatic hydroxyl groups excluding tert-OH is 1. The van der Waals surface area contributed by atoms with E-state index in [9.17, 15) is 4.79 Å². The Morgan fingerprint density at radius 1 is 1.44 bits per heavy atom. The maximum absolute atomic E-state index is 11.8. The number of hydrogen-bond donors (Lipinski definition) is 2. The predicted molar refractivity (Wildman–Crippen MR) is 63.0 cm³/mol. The molecule has 0 saturated heterocycles.